The predicted molar refractivity (Wildman–Crippen MR) is 108 cm³/mol. The van der Waals surface area contributed by atoms with Gasteiger partial charge in [0.15, 0.2) is 0 Å². The van der Waals surface area contributed by atoms with Gasteiger partial charge in [-0.05, 0) is 63.3 Å². The Morgan fingerprint density at radius 3 is 2.50 bits per heavy atom. The average molecular weight is 484 g/mol. The molecule has 0 aliphatic carbocycles. The molecule has 1 N–H and O–H groups in total. The molecule has 0 amide bonds. The van der Waals surface area contributed by atoms with Crippen molar-refractivity contribution in [2.24, 2.45) is 0 Å². The predicted octanol–water partition coefficient (Wildman–Crippen LogP) is 4.50. The maximum absolute atomic E-state index is 13.3. The molecular weight excluding hydrogens is 469 g/mol. The fourth-order valence-electron chi connectivity index (χ4n) is 2.56. The van der Waals surface area contributed by atoms with Crippen LogP contribution in [0.5, 0.6) is 0 Å². The lowest BCUT2D eigenvalue weighted by molar-refractivity contribution is 0.0599. The van der Waals surface area contributed by atoms with Gasteiger partial charge in [-0.25, -0.2) is 17.6 Å². The monoisotopic (exact) mass is 483 g/mol. The van der Waals surface area contributed by atoms with Crippen LogP contribution in [0.15, 0.2) is 69.3 Å². The zero-order valence-corrected chi connectivity index (χ0v) is 17.8. The number of methoxy groups -OCH3 is 1. The molecule has 146 valence electrons. The Balaban J connectivity index is 2.00. The van der Waals surface area contributed by atoms with E-state index in [1.54, 1.807) is 12.1 Å². The number of esters is 1. The number of sulfonamides is 1. The summed E-state index contributed by atoms with van der Waals surface area (Å²) in [7, 11) is -2.77. The van der Waals surface area contributed by atoms with Crippen LogP contribution in [0.4, 0.5) is 4.39 Å². The molecule has 3 aromatic rings. The van der Waals surface area contributed by atoms with Crippen LogP contribution < -0.4 is 4.72 Å². The molecule has 2 aromatic carbocycles. The van der Waals surface area contributed by atoms with Crippen LogP contribution in [0.1, 0.15) is 26.8 Å². The summed E-state index contributed by atoms with van der Waals surface area (Å²) in [6, 6.07) is 12.6. The van der Waals surface area contributed by atoms with Crippen molar-refractivity contribution in [3.05, 3.63) is 86.3 Å². The molecule has 5 nitrogen and oxygen atoms in total. The van der Waals surface area contributed by atoms with Gasteiger partial charge >= 0.3 is 5.97 Å². The van der Waals surface area contributed by atoms with E-state index in [1.807, 2.05) is 5.38 Å². The van der Waals surface area contributed by atoms with Gasteiger partial charge in [-0.3, -0.25) is 0 Å². The highest BCUT2D eigenvalue weighted by atomic mass is 79.9. The zero-order chi connectivity index (χ0) is 20.3. The molecule has 0 saturated carbocycles. The van der Waals surface area contributed by atoms with Crippen LogP contribution in [0.25, 0.3) is 0 Å². The molecule has 28 heavy (non-hydrogen) atoms. The van der Waals surface area contributed by atoms with Gasteiger partial charge in [-0.2, -0.15) is 4.72 Å². The third kappa shape index (κ3) is 4.49. The van der Waals surface area contributed by atoms with Crippen LogP contribution in [0.3, 0.4) is 0 Å². The standard InChI is InChI=1S/C19H15BrFNO4S2/c1-26-19(23)15-11-14(8-9-16(15)20)28(24,25)22-18(17-3-2-10-27-17)12-4-6-13(21)7-5-12/h2-11,18,22H,1H3/t18-/m1/s1. The van der Waals surface area contributed by atoms with E-state index in [-0.39, 0.29) is 10.5 Å². The number of hydrogen-bond acceptors (Lipinski definition) is 5. The topological polar surface area (TPSA) is 72.5 Å². The Morgan fingerprint density at radius 2 is 1.89 bits per heavy atom. The average Bonchev–Trinajstić information content (AvgIpc) is 3.21. The summed E-state index contributed by atoms with van der Waals surface area (Å²) in [5.41, 5.74) is 0.692. The normalized spacial score (nSPS) is 12.5. The van der Waals surface area contributed by atoms with Crippen LogP contribution >= 0.6 is 27.3 Å². The Morgan fingerprint density at radius 1 is 1.18 bits per heavy atom. The minimum absolute atomic E-state index is 0.0835. The number of carbonyl (C=O) groups excluding carboxylic acids is 1. The van der Waals surface area contributed by atoms with E-state index in [4.69, 9.17) is 0 Å². The van der Waals surface area contributed by atoms with Crippen molar-refractivity contribution >= 4 is 43.3 Å². The van der Waals surface area contributed by atoms with Gasteiger partial charge in [-0.15, -0.1) is 11.3 Å². The first-order valence-electron chi connectivity index (χ1n) is 8.01. The lowest BCUT2D eigenvalue weighted by Crippen LogP contribution is -2.29. The van der Waals surface area contributed by atoms with Gasteiger partial charge in [0.1, 0.15) is 5.82 Å². The van der Waals surface area contributed by atoms with Crippen molar-refractivity contribution < 1.29 is 22.3 Å². The fraction of sp³-hybridized carbons (Fsp3) is 0.105. The van der Waals surface area contributed by atoms with Crippen molar-refractivity contribution in [3.8, 4) is 0 Å². The Labute approximate surface area is 174 Å². The maximum atomic E-state index is 13.3. The van der Waals surface area contributed by atoms with E-state index in [1.165, 1.54) is 60.9 Å². The summed E-state index contributed by atoms with van der Waals surface area (Å²) in [5, 5.41) is 1.83. The van der Waals surface area contributed by atoms with Crippen molar-refractivity contribution in [1.29, 1.82) is 0 Å². The summed E-state index contributed by atoms with van der Waals surface area (Å²) >= 11 is 4.59. The first kappa shape index (κ1) is 20.7. The largest absolute Gasteiger partial charge is 0.465 e. The zero-order valence-electron chi connectivity index (χ0n) is 14.6. The third-order valence-electron chi connectivity index (χ3n) is 3.96. The molecule has 0 saturated heterocycles. The molecule has 0 radical (unpaired) electrons. The number of halogens is 2. The van der Waals surface area contributed by atoms with Crippen LogP contribution in [0.2, 0.25) is 0 Å². The Hall–Kier alpha value is -2.07. The van der Waals surface area contributed by atoms with Crippen molar-refractivity contribution in [1.82, 2.24) is 4.72 Å². The van der Waals surface area contributed by atoms with E-state index in [0.717, 1.165) is 4.88 Å². The molecule has 9 heteroatoms. The molecular formula is C19H15BrFNO4S2. The van der Waals surface area contributed by atoms with Gasteiger partial charge in [0.25, 0.3) is 0 Å². The van der Waals surface area contributed by atoms with Gasteiger partial charge in [-0.1, -0.05) is 18.2 Å². The fourth-order valence-corrected chi connectivity index (χ4v) is 5.08. The molecule has 0 spiro atoms. The minimum Gasteiger partial charge on any atom is -0.465 e. The second-order valence-corrected chi connectivity index (χ2v) is 9.30. The summed E-state index contributed by atoms with van der Waals surface area (Å²) in [6.45, 7) is 0. The SMILES string of the molecule is COC(=O)c1cc(S(=O)(=O)N[C@H](c2ccc(F)cc2)c2cccs2)ccc1Br. The second-order valence-electron chi connectivity index (χ2n) is 5.75. The molecule has 0 bridgehead atoms. The summed E-state index contributed by atoms with van der Waals surface area (Å²) in [6.07, 6.45) is 0. The van der Waals surface area contributed by atoms with E-state index < -0.39 is 27.9 Å². The Kier molecular flexibility index (Phi) is 6.29. The molecule has 0 unspecified atom stereocenters. The Bertz CT molecular complexity index is 1080. The van der Waals surface area contributed by atoms with E-state index in [9.17, 15) is 17.6 Å². The molecule has 3 rings (SSSR count). The molecule has 0 aliphatic heterocycles. The van der Waals surface area contributed by atoms with Crippen molar-refractivity contribution in [2.45, 2.75) is 10.9 Å². The second kappa shape index (κ2) is 8.52. The van der Waals surface area contributed by atoms with Gasteiger partial charge in [0.2, 0.25) is 10.0 Å². The maximum Gasteiger partial charge on any atom is 0.339 e. The van der Waals surface area contributed by atoms with Gasteiger partial charge in [0.05, 0.1) is 23.6 Å². The number of nitrogens with one attached hydrogen (secondary N) is 1. The summed E-state index contributed by atoms with van der Waals surface area (Å²) < 4.78 is 47.1. The number of benzene rings is 2. The third-order valence-corrected chi connectivity index (χ3v) is 7.01. The number of hydrogen-bond donors (Lipinski definition) is 1. The lowest BCUT2D eigenvalue weighted by Gasteiger charge is -2.18. The van der Waals surface area contributed by atoms with E-state index in [2.05, 4.69) is 25.4 Å². The highest BCUT2D eigenvalue weighted by Crippen LogP contribution is 2.29. The summed E-state index contributed by atoms with van der Waals surface area (Å²) in [5.74, 6) is -1.07. The minimum atomic E-state index is -3.99. The van der Waals surface area contributed by atoms with Gasteiger partial charge < -0.3 is 4.74 Å². The summed E-state index contributed by atoms with van der Waals surface area (Å²) in [4.78, 5) is 12.5. The molecule has 1 aromatic heterocycles. The first-order valence-corrected chi connectivity index (χ1v) is 11.2. The van der Waals surface area contributed by atoms with E-state index >= 15 is 0 Å². The van der Waals surface area contributed by atoms with Crippen molar-refractivity contribution in [3.63, 3.8) is 0 Å². The van der Waals surface area contributed by atoms with Crippen LogP contribution in [-0.2, 0) is 14.8 Å². The smallest absolute Gasteiger partial charge is 0.339 e. The highest BCUT2D eigenvalue weighted by molar-refractivity contribution is 9.10. The number of rotatable bonds is 6. The number of ether oxygens (including phenoxy) is 1. The van der Waals surface area contributed by atoms with Gasteiger partial charge in [0, 0.05) is 9.35 Å². The molecule has 0 aliphatic rings. The number of thiophene rings is 1. The quantitative estimate of drug-likeness (QED) is 0.523. The highest BCUT2D eigenvalue weighted by Gasteiger charge is 2.25. The van der Waals surface area contributed by atoms with Crippen LogP contribution in [-0.4, -0.2) is 21.5 Å². The molecule has 1 atom stereocenters. The van der Waals surface area contributed by atoms with Crippen molar-refractivity contribution in [2.75, 3.05) is 7.11 Å². The van der Waals surface area contributed by atoms with E-state index in [0.29, 0.717) is 10.0 Å². The lowest BCUT2D eigenvalue weighted by atomic mass is 10.1. The van der Waals surface area contributed by atoms with Crippen LogP contribution in [0, 0.1) is 5.82 Å². The molecule has 1 heterocycles. The molecule has 0 fully saturated rings. The first-order chi connectivity index (χ1) is 13.3. The number of carbonyl (C=O) groups is 1.